The van der Waals surface area contributed by atoms with Crippen molar-refractivity contribution >= 4 is 35.0 Å². The van der Waals surface area contributed by atoms with Gasteiger partial charge in [0, 0.05) is 11.2 Å². The van der Waals surface area contributed by atoms with Crippen molar-refractivity contribution in [2.24, 2.45) is 33.5 Å². The number of nitrogens with zero attached hydrogens (tertiary/aromatic N) is 2. The molecule has 0 bridgehead atoms. The average Bonchev–Trinajstić information content (AvgIpc) is 3.27. The summed E-state index contributed by atoms with van der Waals surface area (Å²) >= 11 is 1.54. The maximum atomic E-state index is 13.1. The molecule has 33 heavy (non-hydrogen) atoms. The number of hydrogen-bond donors (Lipinski definition) is 1. The molecule has 2 aromatic rings. The summed E-state index contributed by atoms with van der Waals surface area (Å²) in [6.45, 7) is 0.762. The summed E-state index contributed by atoms with van der Waals surface area (Å²) < 4.78 is 11.2. The first-order valence-corrected chi connectivity index (χ1v) is 11.9. The molecule has 3 aliphatic rings. The van der Waals surface area contributed by atoms with Crippen LogP contribution in [0.2, 0.25) is 0 Å². The maximum absolute atomic E-state index is 13.1. The number of carbonyl (C=O) groups excluding carboxylic acids is 2. The Balaban J connectivity index is 1.29. The van der Waals surface area contributed by atoms with E-state index in [9.17, 15) is 9.59 Å². The molecule has 2 fully saturated rings. The smallest absolute Gasteiger partial charge is 0.326 e. The van der Waals surface area contributed by atoms with Gasteiger partial charge in [0.1, 0.15) is 30.5 Å². The molecule has 2 N–H and O–H groups in total. The number of thioether (sulfide) groups is 1. The van der Waals surface area contributed by atoms with Gasteiger partial charge in [0.15, 0.2) is 0 Å². The molecule has 0 saturated heterocycles. The summed E-state index contributed by atoms with van der Waals surface area (Å²) in [7, 11) is 0. The fraction of sp³-hybridized carbons (Fsp3) is 0.360. The lowest BCUT2D eigenvalue weighted by atomic mass is 9.91. The second-order valence-corrected chi connectivity index (χ2v) is 9.89. The van der Waals surface area contributed by atoms with Crippen LogP contribution in [0.15, 0.2) is 70.6 Å². The predicted molar refractivity (Wildman–Crippen MR) is 127 cm³/mol. The van der Waals surface area contributed by atoms with Crippen LogP contribution in [-0.4, -0.2) is 40.7 Å². The van der Waals surface area contributed by atoms with Gasteiger partial charge in [0.2, 0.25) is 0 Å². The molecule has 2 saturated carbocycles. The summed E-state index contributed by atoms with van der Waals surface area (Å²) in [6, 6.07) is 19.0. The zero-order chi connectivity index (χ0) is 22.8. The summed E-state index contributed by atoms with van der Waals surface area (Å²) in [4.78, 5) is 34.6. The van der Waals surface area contributed by atoms with Gasteiger partial charge in [-0.2, -0.15) is 0 Å². The van der Waals surface area contributed by atoms with Gasteiger partial charge in [-0.3, -0.25) is 19.6 Å². The third-order valence-electron chi connectivity index (χ3n) is 6.51. The number of rotatable bonds is 7. The molecule has 0 aromatic heterocycles. The lowest BCUT2D eigenvalue weighted by molar-refractivity contribution is -0.153. The SMILES string of the molecule is N[C@@]1(C(=O)OCc2ccccc2)C[C@@H](SC2=NCN=C2)[C@H]2[C@H](C(=O)OCc3ccccc3)[C@H]21. The van der Waals surface area contributed by atoms with Crippen LogP contribution in [0.25, 0.3) is 0 Å². The molecule has 5 atom stereocenters. The fourth-order valence-corrected chi connectivity index (χ4v) is 6.32. The quantitative estimate of drug-likeness (QED) is 0.633. The van der Waals surface area contributed by atoms with Crippen molar-refractivity contribution in [3.05, 3.63) is 71.8 Å². The minimum absolute atomic E-state index is 0.0261. The Labute approximate surface area is 196 Å². The molecule has 0 amide bonds. The number of esters is 2. The van der Waals surface area contributed by atoms with Crippen LogP contribution < -0.4 is 5.73 Å². The minimum atomic E-state index is -1.23. The Hall–Kier alpha value is -2.97. The highest BCUT2D eigenvalue weighted by Gasteiger charge is 2.74. The minimum Gasteiger partial charge on any atom is -0.461 e. The van der Waals surface area contributed by atoms with Crippen LogP contribution in [0.1, 0.15) is 17.5 Å². The van der Waals surface area contributed by atoms with Gasteiger partial charge < -0.3 is 15.2 Å². The van der Waals surface area contributed by atoms with Crippen molar-refractivity contribution in [3.63, 3.8) is 0 Å². The number of fused-ring (bicyclic) bond motifs is 1. The summed E-state index contributed by atoms with van der Waals surface area (Å²) in [5.74, 6) is -1.56. The third-order valence-corrected chi connectivity index (χ3v) is 7.77. The number of carbonyl (C=O) groups is 2. The van der Waals surface area contributed by atoms with Gasteiger partial charge in [0.05, 0.1) is 12.1 Å². The van der Waals surface area contributed by atoms with E-state index in [0.29, 0.717) is 13.1 Å². The van der Waals surface area contributed by atoms with Crippen molar-refractivity contribution in [1.29, 1.82) is 0 Å². The molecular weight excluding hydrogens is 438 g/mol. The van der Waals surface area contributed by atoms with E-state index in [1.165, 1.54) is 11.8 Å². The molecule has 2 aromatic carbocycles. The first-order chi connectivity index (χ1) is 16.1. The van der Waals surface area contributed by atoms with Crippen molar-refractivity contribution < 1.29 is 19.1 Å². The third kappa shape index (κ3) is 4.45. The first kappa shape index (κ1) is 21.9. The second kappa shape index (κ2) is 9.11. The Bertz CT molecular complexity index is 1090. The van der Waals surface area contributed by atoms with Crippen LogP contribution in [0, 0.1) is 17.8 Å². The van der Waals surface area contributed by atoms with E-state index in [0.717, 1.165) is 16.2 Å². The molecule has 0 unspecified atom stereocenters. The number of hydrogen-bond acceptors (Lipinski definition) is 8. The van der Waals surface area contributed by atoms with Crippen LogP contribution >= 0.6 is 11.8 Å². The van der Waals surface area contributed by atoms with Crippen LogP contribution in [0.4, 0.5) is 0 Å². The molecule has 1 heterocycles. The molecule has 2 aliphatic carbocycles. The van der Waals surface area contributed by atoms with Gasteiger partial charge >= 0.3 is 11.9 Å². The van der Waals surface area contributed by atoms with Gasteiger partial charge in [-0.1, -0.05) is 60.7 Å². The van der Waals surface area contributed by atoms with E-state index in [1.54, 1.807) is 6.21 Å². The first-order valence-electron chi connectivity index (χ1n) is 11.0. The number of nitrogens with two attached hydrogens (primary N) is 1. The molecular formula is C25H25N3O4S. The lowest BCUT2D eigenvalue weighted by Crippen LogP contribution is -2.51. The van der Waals surface area contributed by atoms with E-state index in [1.807, 2.05) is 60.7 Å². The predicted octanol–water partition coefficient (Wildman–Crippen LogP) is 2.98. The van der Waals surface area contributed by atoms with Gasteiger partial charge in [0.25, 0.3) is 0 Å². The molecule has 0 spiro atoms. The molecule has 5 rings (SSSR count). The lowest BCUT2D eigenvalue weighted by Gasteiger charge is -2.27. The molecule has 0 radical (unpaired) electrons. The Kier molecular flexibility index (Phi) is 6.03. The zero-order valence-corrected chi connectivity index (χ0v) is 18.8. The number of benzene rings is 2. The van der Waals surface area contributed by atoms with Crippen LogP contribution in [-0.2, 0) is 32.3 Å². The molecule has 7 nitrogen and oxygen atoms in total. The summed E-state index contributed by atoms with van der Waals surface area (Å²) in [5, 5.41) is 0.783. The Morgan fingerprint density at radius 2 is 1.64 bits per heavy atom. The summed E-state index contributed by atoms with van der Waals surface area (Å²) in [5.41, 5.74) is 7.26. The fourth-order valence-electron chi connectivity index (χ4n) is 4.88. The van der Waals surface area contributed by atoms with Crippen molar-refractivity contribution in [1.82, 2.24) is 0 Å². The molecule has 8 heteroatoms. The number of aliphatic imine (C=N–C) groups is 2. The highest BCUT2D eigenvalue weighted by atomic mass is 32.2. The highest BCUT2D eigenvalue weighted by molar-refractivity contribution is 8.16. The van der Waals surface area contributed by atoms with Gasteiger partial charge in [-0.25, -0.2) is 0 Å². The van der Waals surface area contributed by atoms with Gasteiger partial charge in [-0.15, -0.1) is 11.8 Å². The van der Waals surface area contributed by atoms with Crippen LogP contribution in [0.5, 0.6) is 0 Å². The maximum Gasteiger partial charge on any atom is 0.326 e. The molecule has 170 valence electrons. The average molecular weight is 464 g/mol. The highest BCUT2D eigenvalue weighted by Crippen LogP contribution is 2.65. The second-order valence-electron chi connectivity index (χ2n) is 8.63. The Morgan fingerprint density at radius 3 is 2.24 bits per heavy atom. The van der Waals surface area contributed by atoms with Gasteiger partial charge in [-0.05, 0) is 23.5 Å². The standard InChI is InChI=1S/C25H25N3O4S/c26-25(24(30)32-14-17-9-5-2-6-10-17)11-18(33-19-12-27-15-28-19)20-21(22(20)25)23(29)31-13-16-7-3-1-4-8-16/h1-10,12,18,20-22H,11,13-15,26H2/t18-,20+,21+,22+,25+/m1/s1. The van der Waals surface area contributed by atoms with Crippen molar-refractivity contribution in [3.8, 4) is 0 Å². The van der Waals surface area contributed by atoms with E-state index < -0.39 is 17.4 Å². The van der Waals surface area contributed by atoms with E-state index >= 15 is 0 Å². The topological polar surface area (TPSA) is 103 Å². The van der Waals surface area contributed by atoms with E-state index in [4.69, 9.17) is 15.2 Å². The Morgan fingerprint density at radius 1 is 1.00 bits per heavy atom. The summed E-state index contributed by atoms with van der Waals surface area (Å²) in [6.07, 6.45) is 2.16. The van der Waals surface area contributed by atoms with Crippen molar-refractivity contribution in [2.75, 3.05) is 6.67 Å². The zero-order valence-electron chi connectivity index (χ0n) is 18.0. The normalized spacial score (nSPS) is 29.3. The monoisotopic (exact) mass is 463 g/mol. The van der Waals surface area contributed by atoms with E-state index in [2.05, 4.69) is 9.98 Å². The van der Waals surface area contributed by atoms with E-state index in [-0.39, 0.29) is 36.3 Å². The molecule has 1 aliphatic heterocycles. The van der Waals surface area contributed by atoms with Crippen LogP contribution in [0.3, 0.4) is 0 Å². The largest absolute Gasteiger partial charge is 0.461 e. The number of ether oxygens (including phenoxy) is 2. The van der Waals surface area contributed by atoms with Crippen molar-refractivity contribution in [2.45, 2.75) is 30.4 Å².